The molecule has 0 aromatic rings. The van der Waals surface area contributed by atoms with E-state index in [-0.39, 0.29) is 32.2 Å². The fourth-order valence-corrected chi connectivity index (χ4v) is 10.7. The van der Waals surface area contributed by atoms with Gasteiger partial charge in [0.1, 0.15) is 13.2 Å². The Labute approximate surface area is 567 Å². The number of carboxylic acids is 1. The third kappa shape index (κ3) is 73.1. The van der Waals surface area contributed by atoms with Crippen LogP contribution in [0.4, 0.5) is 0 Å². The first kappa shape index (κ1) is 87.7. The van der Waals surface area contributed by atoms with Gasteiger partial charge in [-0.15, -0.1) is 0 Å². The standard InChI is InChI=1S/C83H143NO8/c1-6-8-10-12-14-16-18-20-22-24-26-28-30-32-34-36-38-39-40-41-42-43-44-46-48-50-52-54-56-58-60-62-64-66-68-70-72-74-81(86)92-79(78-91-83(82(87)88)89-76-75-84(3,4)5)77-90-80(85)73-71-69-67-65-63-61-59-57-55-53-51-49-47-45-37-35-33-31-29-27-25-23-21-19-17-15-13-11-9-7-2/h8,10,14,16,20,22,26,28,32,34,38-39,41-42,44,46,50,52,56,58,79,83H,6-7,9,11-13,15,17-19,21,23-25,27,29-31,33,35-37,40,43,45,47-49,51,53-55,57,59-78H2,1-5H3/p+1/b10-8-,16-14-,22-20-,28-26-,34-32-,39-38-,42-41-,46-44-,52-50-,58-56-. The number of carbonyl (C=O) groups is 3. The van der Waals surface area contributed by atoms with Crippen LogP contribution in [0.3, 0.4) is 0 Å². The van der Waals surface area contributed by atoms with Crippen molar-refractivity contribution in [2.75, 3.05) is 47.5 Å². The Kier molecular flexibility index (Phi) is 69.1. The van der Waals surface area contributed by atoms with Crippen LogP contribution in [0.15, 0.2) is 122 Å². The van der Waals surface area contributed by atoms with Gasteiger partial charge in [-0.2, -0.15) is 0 Å². The van der Waals surface area contributed by atoms with Crippen LogP contribution in [-0.2, 0) is 33.3 Å². The first-order chi connectivity index (χ1) is 45.1. The van der Waals surface area contributed by atoms with Crippen LogP contribution in [0.2, 0.25) is 0 Å². The van der Waals surface area contributed by atoms with Crippen molar-refractivity contribution >= 4 is 17.9 Å². The van der Waals surface area contributed by atoms with Gasteiger partial charge in [-0.1, -0.05) is 347 Å². The van der Waals surface area contributed by atoms with Crippen molar-refractivity contribution in [1.29, 1.82) is 0 Å². The topological polar surface area (TPSA) is 108 Å². The highest BCUT2D eigenvalue weighted by Gasteiger charge is 2.25. The van der Waals surface area contributed by atoms with Crippen LogP contribution >= 0.6 is 0 Å². The van der Waals surface area contributed by atoms with Crippen LogP contribution in [-0.4, -0.2) is 87.4 Å². The molecule has 0 heterocycles. The molecule has 1 N–H and O–H groups in total. The van der Waals surface area contributed by atoms with Gasteiger partial charge in [-0.3, -0.25) is 9.59 Å². The lowest BCUT2D eigenvalue weighted by atomic mass is 10.0. The molecule has 0 spiro atoms. The summed E-state index contributed by atoms with van der Waals surface area (Å²) in [4.78, 5) is 37.7. The lowest BCUT2D eigenvalue weighted by Crippen LogP contribution is -2.40. The van der Waals surface area contributed by atoms with E-state index in [4.69, 9.17) is 18.9 Å². The molecule has 0 aliphatic rings. The van der Waals surface area contributed by atoms with E-state index in [9.17, 15) is 19.5 Å². The van der Waals surface area contributed by atoms with Crippen molar-refractivity contribution in [3.8, 4) is 0 Å². The van der Waals surface area contributed by atoms with Gasteiger partial charge in [0.05, 0.1) is 34.4 Å². The van der Waals surface area contributed by atoms with Crippen LogP contribution < -0.4 is 0 Å². The first-order valence-electron chi connectivity index (χ1n) is 38.2. The average Bonchev–Trinajstić information content (AvgIpc) is 3.75. The molecule has 9 heteroatoms. The number of quaternary nitrogens is 1. The number of esters is 2. The second kappa shape index (κ2) is 72.5. The number of likely N-dealkylation sites (N-methyl/N-ethyl adjacent to an activating group) is 1. The molecule has 0 aromatic heterocycles. The summed E-state index contributed by atoms with van der Waals surface area (Å²) >= 11 is 0. The summed E-state index contributed by atoms with van der Waals surface area (Å²) in [7, 11) is 5.97. The molecule has 0 amide bonds. The molecule has 0 saturated carbocycles. The van der Waals surface area contributed by atoms with Gasteiger partial charge in [0, 0.05) is 12.8 Å². The minimum atomic E-state index is -1.52. The van der Waals surface area contributed by atoms with E-state index in [1.54, 1.807) is 0 Å². The minimum Gasteiger partial charge on any atom is -0.477 e. The number of rotatable bonds is 70. The Morgan fingerprint density at radius 1 is 0.337 bits per heavy atom. The number of aliphatic carboxylic acids is 1. The predicted molar refractivity (Wildman–Crippen MR) is 396 cm³/mol. The number of nitrogens with zero attached hydrogens (tertiary/aromatic N) is 1. The van der Waals surface area contributed by atoms with E-state index in [2.05, 4.69) is 135 Å². The molecule has 0 aromatic carbocycles. The monoisotopic (exact) mass is 1280 g/mol. The van der Waals surface area contributed by atoms with E-state index < -0.39 is 24.3 Å². The maximum atomic E-state index is 13.0. The molecule has 0 rings (SSSR count). The third-order valence-electron chi connectivity index (χ3n) is 16.5. The van der Waals surface area contributed by atoms with Crippen LogP contribution in [0.5, 0.6) is 0 Å². The zero-order valence-corrected chi connectivity index (χ0v) is 60.4. The molecule has 0 radical (unpaired) electrons. The number of hydrogen-bond acceptors (Lipinski definition) is 7. The van der Waals surface area contributed by atoms with Crippen LogP contribution in [0.1, 0.15) is 328 Å². The number of hydrogen-bond donors (Lipinski definition) is 1. The van der Waals surface area contributed by atoms with Crippen molar-refractivity contribution in [3.63, 3.8) is 0 Å². The third-order valence-corrected chi connectivity index (χ3v) is 16.5. The first-order valence-corrected chi connectivity index (χ1v) is 38.2. The molecule has 2 atom stereocenters. The Morgan fingerprint density at radius 2 is 0.620 bits per heavy atom. The molecule has 2 unspecified atom stereocenters. The maximum Gasteiger partial charge on any atom is 0.361 e. The minimum absolute atomic E-state index is 0.180. The number of allylic oxidation sites excluding steroid dienone is 20. The van der Waals surface area contributed by atoms with Crippen molar-refractivity contribution < 1.29 is 42.9 Å². The summed E-state index contributed by atoms with van der Waals surface area (Å²) in [5.74, 6) is -2.02. The quantitative estimate of drug-likeness (QED) is 0.0211. The van der Waals surface area contributed by atoms with Crippen LogP contribution in [0.25, 0.3) is 0 Å². The zero-order valence-electron chi connectivity index (χ0n) is 60.4. The Bertz CT molecular complexity index is 1930. The summed E-state index contributed by atoms with van der Waals surface area (Å²) in [5.41, 5.74) is 0. The molecule has 0 fully saturated rings. The molecule has 9 nitrogen and oxygen atoms in total. The molecule has 0 bridgehead atoms. The lowest BCUT2D eigenvalue weighted by Gasteiger charge is -2.25. The van der Waals surface area contributed by atoms with Gasteiger partial charge in [0.2, 0.25) is 0 Å². The van der Waals surface area contributed by atoms with E-state index >= 15 is 0 Å². The summed E-state index contributed by atoms with van der Waals surface area (Å²) < 4.78 is 23.0. The predicted octanol–water partition coefficient (Wildman–Crippen LogP) is 24.3. The fraction of sp³-hybridized carbons (Fsp3) is 0.723. The average molecular weight is 1280 g/mol. The Morgan fingerprint density at radius 3 is 0.924 bits per heavy atom. The van der Waals surface area contributed by atoms with Crippen molar-refractivity contribution in [1.82, 2.24) is 0 Å². The van der Waals surface area contributed by atoms with E-state index in [1.807, 2.05) is 21.1 Å². The smallest absolute Gasteiger partial charge is 0.361 e. The normalized spacial score (nSPS) is 13.4. The summed E-state index contributed by atoms with van der Waals surface area (Å²) in [6, 6.07) is 0. The summed E-state index contributed by atoms with van der Waals surface area (Å²) in [6.45, 7) is 4.78. The molecule has 0 saturated heterocycles. The molecular weight excluding hydrogens is 1140 g/mol. The van der Waals surface area contributed by atoms with E-state index in [0.717, 1.165) is 122 Å². The van der Waals surface area contributed by atoms with Gasteiger partial charge in [-0.25, -0.2) is 4.79 Å². The van der Waals surface area contributed by atoms with E-state index in [0.29, 0.717) is 23.9 Å². The molecule has 528 valence electrons. The fourth-order valence-electron chi connectivity index (χ4n) is 10.7. The van der Waals surface area contributed by atoms with Gasteiger partial charge in [-0.05, 0) is 89.9 Å². The van der Waals surface area contributed by atoms with E-state index in [1.165, 1.54) is 173 Å². The number of carbonyl (C=O) groups excluding carboxylic acids is 2. The van der Waals surface area contributed by atoms with Crippen LogP contribution in [0, 0.1) is 0 Å². The largest absolute Gasteiger partial charge is 0.477 e. The van der Waals surface area contributed by atoms with Gasteiger partial charge in [0.25, 0.3) is 6.29 Å². The lowest BCUT2D eigenvalue weighted by molar-refractivity contribution is -0.870. The maximum absolute atomic E-state index is 13.0. The van der Waals surface area contributed by atoms with Gasteiger partial charge >= 0.3 is 17.9 Å². The Balaban J connectivity index is 4.14. The summed E-state index contributed by atoms with van der Waals surface area (Å²) in [6.07, 6.45) is 100. The summed E-state index contributed by atoms with van der Waals surface area (Å²) in [5, 5.41) is 9.76. The Hall–Kier alpha value is -4.31. The molecule has 0 aliphatic carbocycles. The van der Waals surface area contributed by atoms with Crippen molar-refractivity contribution in [2.24, 2.45) is 0 Å². The molecule has 0 aliphatic heterocycles. The highest BCUT2D eigenvalue weighted by atomic mass is 16.7. The van der Waals surface area contributed by atoms with Gasteiger partial charge in [0.15, 0.2) is 6.10 Å². The number of ether oxygens (including phenoxy) is 4. The second-order valence-electron chi connectivity index (χ2n) is 26.6. The SMILES string of the molecule is CC/C=C\C/C=C\C/C=C\C/C=C\C/C=C\C/C=C\C/C=C\C/C=C\C/C=C\C/C=C\CCCCCCCCC(=O)OC(COC(=O)CCCCCCCCCCCCCCCCCCCCCCCCCCCCCCCC)COC(OCC[N+](C)(C)C)C(=O)O. The number of unbranched alkanes of at least 4 members (excludes halogenated alkanes) is 35. The van der Waals surface area contributed by atoms with Crippen molar-refractivity contribution in [3.05, 3.63) is 122 Å². The second-order valence-corrected chi connectivity index (χ2v) is 26.6. The zero-order chi connectivity index (χ0) is 66.8. The van der Waals surface area contributed by atoms with Crippen molar-refractivity contribution in [2.45, 2.75) is 341 Å². The number of carboxylic acid groups (broad SMARTS) is 1. The highest BCUT2D eigenvalue weighted by molar-refractivity contribution is 5.71. The van der Waals surface area contributed by atoms with Gasteiger partial charge < -0.3 is 28.5 Å². The highest BCUT2D eigenvalue weighted by Crippen LogP contribution is 2.18. The molecular formula is C83H144NO8+. The molecule has 92 heavy (non-hydrogen) atoms.